The number of hydrogen-bond acceptors (Lipinski definition) is 3. The van der Waals surface area contributed by atoms with Crippen LogP contribution in [0.3, 0.4) is 0 Å². The number of anilines is 1. The summed E-state index contributed by atoms with van der Waals surface area (Å²) in [5.41, 5.74) is 8.41. The fourth-order valence-electron chi connectivity index (χ4n) is 1.60. The van der Waals surface area contributed by atoms with Gasteiger partial charge in [-0.1, -0.05) is 26.8 Å². The van der Waals surface area contributed by atoms with Crippen LogP contribution in [-0.2, 0) is 10.2 Å². The van der Waals surface area contributed by atoms with Gasteiger partial charge in [0.2, 0.25) is 0 Å². The molecule has 1 aromatic carbocycles. The van der Waals surface area contributed by atoms with Crippen LogP contribution in [0.25, 0.3) is 5.73 Å². The summed E-state index contributed by atoms with van der Waals surface area (Å²) in [6.45, 7) is 6.55. The molecule has 8 heteroatoms. The second kappa shape index (κ2) is 6.33. The van der Waals surface area contributed by atoms with Gasteiger partial charge >= 0.3 is 51.4 Å². The molecule has 0 radical (unpaired) electrons. The Morgan fingerprint density at radius 1 is 1.35 bits per heavy atom. The molecule has 0 spiro atoms. The second-order valence-electron chi connectivity index (χ2n) is 5.55. The van der Waals surface area contributed by atoms with Crippen molar-refractivity contribution in [1.29, 1.82) is 0 Å². The molecule has 6 nitrogen and oxygen atoms in total. The Balaban J connectivity index is 0.00000200. The smallest absolute Gasteiger partial charge is 0.492 e. The minimum atomic E-state index is -3.81. The Morgan fingerprint density at radius 3 is 2.60 bits per heavy atom. The van der Waals surface area contributed by atoms with Gasteiger partial charge in [-0.05, 0) is 23.4 Å². The first kappa shape index (κ1) is 17.9. The molecule has 104 valence electrons. The van der Waals surface area contributed by atoms with Gasteiger partial charge in [-0.15, -0.1) is 0 Å². The number of nitrogens with zero attached hydrogens (tertiary/aromatic N) is 1. The topological polar surface area (TPSA) is 91.6 Å². The van der Waals surface area contributed by atoms with E-state index in [0.29, 0.717) is 23.6 Å². The summed E-state index contributed by atoms with van der Waals surface area (Å²) in [6.07, 6.45) is 0. The van der Waals surface area contributed by atoms with Crippen molar-refractivity contribution in [3.63, 3.8) is 0 Å². The number of benzene rings is 1. The third-order valence-electron chi connectivity index (χ3n) is 2.37. The molecule has 2 rings (SSSR count). The Labute approximate surface area is 161 Å². The quantitative estimate of drug-likeness (QED) is 0.750. The molecule has 0 amide bonds. The fourth-order valence-corrected chi connectivity index (χ4v) is 2.43. The Kier molecular flexibility index (Phi) is 5.67. The van der Waals surface area contributed by atoms with Crippen LogP contribution in [0.15, 0.2) is 22.6 Å². The largest absolute Gasteiger partial charge is 1.00 e. The molecule has 0 saturated heterocycles. The van der Waals surface area contributed by atoms with Crippen LogP contribution in [-0.4, -0.2) is 20.9 Å². The zero-order chi connectivity index (χ0) is 14.3. The molecule has 1 aliphatic rings. The Bertz CT molecular complexity index is 636. The summed E-state index contributed by atoms with van der Waals surface area (Å²) in [7, 11) is -3.81. The van der Waals surface area contributed by atoms with E-state index in [1.165, 1.54) is 0 Å². The maximum absolute atomic E-state index is 11.4. The van der Waals surface area contributed by atoms with E-state index >= 15 is 0 Å². The van der Waals surface area contributed by atoms with Crippen molar-refractivity contribution >= 4 is 21.7 Å². The SMILES string of the molecule is CC(C)(C)COc1cccc2c1C([NH-])=NS(=O)(=O)N2.[K+]. The van der Waals surface area contributed by atoms with Crippen LogP contribution in [0.5, 0.6) is 5.75 Å². The van der Waals surface area contributed by atoms with E-state index < -0.39 is 10.2 Å². The van der Waals surface area contributed by atoms with Gasteiger partial charge in [0.05, 0.1) is 12.3 Å². The van der Waals surface area contributed by atoms with Crippen LogP contribution in [0.2, 0.25) is 0 Å². The number of fused-ring (bicyclic) bond motifs is 1. The van der Waals surface area contributed by atoms with Gasteiger partial charge in [-0.2, -0.15) is 0 Å². The van der Waals surface area contributed by atoms with Crippen molar-refractivity contribution < 1.29 is 64.5 Å². The molecule has 1 heterocycles. The number of ether oxygens (including phenoxy) is 1. The van der Waals surface area contributed by atoms with Crippen LogP contribution in [0.4, 0.5) is 5.69 Å². The molecular weight excluding hydrogens is 305 g/mol. The standard InChI is InChI=1S/C12H16N3O3S.K/c1-12(2,3)7-18-9-6-4-5-8-10(9)11(13)15-19(16,17)14-8;/h4-6,14H,7H2,1-3H3,(H-,13,15);/q-1;+1. The molecule has 0 aromatic heterocycles. The minimum absolute atomic E-state index is 0. The van der Waals surface area contributed by atoms with Crippen molar-refractivity contribution in [2.24, 2.45) is 9.81 Å². The van der Waals surface area contributed by atoms with Gasteiger partial charge in [0.1, 0.15) is 5.75 Å². The molecule has 0 aliphatic carbocycles. The van der Waals surface area contributed by atoms with Crippen molar-refractivity contribution in [3.8, 4) is 5.75 Å². The molecule has 0 bridgehead atoms. The molecule has 0 unspecified atom stereocenters. The third-order valence-corrected chi connectivity index (χ3v) is 3.27. The molecule has 0 atom stereocenters. The van der Waals surface area contributed by atoms with Gasteiger partial charge in [-0.25, -0.2) is 8.42 Å². The van der Waals surface area contributed by atoms with Gasteiger partial charge in [0.15, 0.2) is 0 Å². The normalized spacial score (nSPS) is 16.2. The summed E-state index contributed by atoms with van der Waals surface area (Å²) in [5.74, 6) is 0.154. The summed E-state index contributed by atoms with van der Waals surface area (Å²) in [4.78, 5) is 0. The van der Waals surface area contributed by atoms with E-state index in [0.717, 1.165) is 0 Å². The maximum atomic E-state index is 11.4. The van der Waals surface area contributed by atoms with Gasteiger partial charge in [-0.3, -0.25) is 4.72 Å². The van der Waals surface area contributed by atoms with Gasteiger partial charge in [0, 0.05) is 5.56 Å². The molecule has 0 saturated carbocycles. The zero-order valence-electron chi connectivity index (χ0n) is 12.0. The van der Waals surface area contributed by atoms with Crippen LogP contribution in [0, 0.1) is 5.41 Å². The summed E-state index contributed by atoms with van der Waals surface area (Å²) in [5, 5.41) is 0. The molecular formula is C12H16KN3O3S. The third kappa shape index (κ3) is 4.44. The van der Waals surface area contributed by atoms with E-state index in [1.54, 1.807) is 18.2 Å². The molecule has 1 aliphatic heterocycles. The predicted octanol–water partition coefficient (Wildman–Crippen LogP) is -0.415. The molecule has 2 N–H and O–H groups in total. The van der Waals surface area contributed by atoms with Crippen LogP contribution >= 0.6 is 0 Å². The Morgan fingerprint density at radius 2 is 2.00 bits per heavy atom. The first-order chi connectivity index (χ1) is 8.68. The summed E-state index contributed by atoms with van der Waals surface area (Å²) < 4.78 is 34.1. The first-order valence-electron chi connectivity index (χ1n) is 5.78. The average Bonchev–Trinajstić information content (AvgIpc) is 2.22. The zero-order valence-corrected chi connectivity index (χ0v) is 16.0. The molecule has 20 heavy (non-hydrogen) atoms. The van der Waals surface area contributed by atoms with E-state index in [-0.39, 0.29) is 62.6 Å². The fraction of sp³-hybridized carbons (Fsp3) is 0.417. The number of hydrogen-bond donors (Lipinski definition) is 1. The van der Waals surface area contributed by atoms with Crippen LogP contribution < -0.4 is 60.8 Å². The summed E-state index contributed by atoms with van der Waals surface area (Å²) >= 11 is 0. The first-order valence-corrected chi connectivity index (χ1v) is 7.22. The minimum Gasteiger partial charge on any atom is -0.492 e. The van der Waals surface area contributed by atoms with Crippen molar-refractivity contribution in [2.75, 3.05) is 11.3 Å². The molecule has 1 aromatic rings. The van der Waals surface area contributed by atoms with E-state index in [4.69, 9.17) is 10.5 Å². The number of nitrogens with one attached hydrogen (secondary N) is 2. The maximum Gasteiger partial charge on any atom is 1.00 e. The van der Waals surface area contributed by atoms with E-state index in [1.807, 2.05) is 20.8 Å². The molecule has 0 fully saturated rings. The van der Waals surface area contributed by atoms with Crippen molar-refractivity contribution in [1.82, 2.24) is 0 Å². The monoisotopic (exact) mass is 321 g/mol. The van der Waals surface area contributed by atoms with Gasteiger partial charge < -0.3 is 14.9 Å². The number of rotatable bonds is 2. The van der Waals surface area contributed by atoms with E-state index in [2.05, 4.69) is 9.12 Å². The average molecular weight is 321 g/mol. The summed E-state index contributed by atoms with van der Waals surface area (Å²) in [6, 6.07) is 4.96. The van der Waals surface area contributed by atoms with E-state index in [9.17, 15) is 8.42 Å². The predicted molar refractivity (Wildman–Crippen MR) is 74.8 cm³/mol. The number of amidine groups is 1. The van der Waals surface area contributed by atoms with Gasteiger partial charge in [0.25, 0.3) is 10.2 Å². The second-order valence-corrected chi connectivity index (χ2v) is 6.88. The van der Waals surface area contributed by atoms with Crippen LogP contribution in [0.1, 0.15) is 26.3 Å². The Hall–Kier alpha value is -0.124. The van der Waals surface area contributed by atoms with Crippen molar-refractivity contribution in [2.45, 2.75) is 20.8 Å². The van der Waals surface area contributed by atoms with Crippen molar-refractivity contribution in [3.05, 3.63) is 29.5 Å².